The van der Waals surface area contributed by atoms with Gasteiger partial charge < -0.3 is 20.7 Å². The third kappa shape index (κ3) is 9.05. The number of nitrogens with zero attached hydrogens (tertiary/aromatic N) is 3. The molecule has 0 saturated carbocycles. The number of rotatable bonds is 7. The Morgan fingerprint density at radius 1 is 1.24 bits per heavy atom. The molecule has 0 aliphatic heterocycles. The Bertz CT molecular complexity index is 554. The zero-order valence-electron chi connectivity index (χ0n) is 14.6. The summed E-state index contributed by atoms with van der Waals surface area (Å²) in [7, 11) is 3.25. The average molecular weight is 476 g/mol. The molecule has 1 aromatic rings. The Hall–Kier alpha value is -1.37. The predicted molar refractivity (Wildman–Crippen MR) is 101 cm³/mol. The van der Waals surface area contributed by atoms with Crippen molar-refractivity contribution in [2.24, 2.45) is 4.99 Å². The number of halogens is 4. The maximum atomic E-state index is 12.6. The minimum atomic E-state index is -4.49. The van der Waals surface area contributed by atoms with E-state index < -0.39 is 11.9 Å². The largest absolute Gasteiger partial charge is 0.433 e. The van der Waals surface area contributed by atoms with Gasteiger partial charge in [-0.3, -0.25) is 4.99 Å². The van der Waals surface area contributed by atoms with Gasteiger partial charge in [0.05, 0.1) is 5.60 Å². The second-order valence-corrected chi connectivity index (χ2v) is 5.51. The second-order valence-electron chi connectivity index (χ2n) is 5.51. The second kappa shape index (κ2) is 10.6. The van der Waals surface area contributed by atoms with E-state index in [2.05, 4.69) is 30.9 Å². The van der Waals surface area contributed by atoms with Crippen LogP contribution in [0, 0.1) is 0 Å². The van der Waals surface area contributed by atoms with E-state index in [1.54, 1.807) is 14.2 Å². The van der Waals surface area contributed by atoms with Crippen LogP contribution in [0.4, 0.5) is 19.1 Å². The molecule has 11 heteroatoms. The van der Waals surface area contributed by atoms with Gasteiger partial charge in [0.15, 0.2) is 5.96 Å². The highest BCUT2D eigenvalue weighted by atomic mass is 127. The SMILES string of the molecule is CN=C(NCCNc1nccc(C(F)(F)F)n1)NCC(C)(C)OC.I. The van der Waals surface area contributed by atoms with Crippen molar-refractivity contribution < 1.29 is 17.9 Å². The molecular weight excluding hydrogens is 452 g/mol. The molecule has 0 radical (unpaired) electrons. The first-order valence-electron chi connectivity index (χ1n) is 7.32. The maximum absolute atomic E-state index is 12.6. The summed E-state index contributed by atoms with van der Waals surface area (Å²) in [6, 6.07) is 0.826. The number of ether oxygens (including phenoxy) is 1. The Morgan fingerprint density at radius 3 is 2.48 bits per heavy atom. The molecule has 0 saturated heterocycles. The van der Waals surface area contributed by atoms with Crippen molar-refractivity contribution in [3.8, 4) is 0 Å². The van der Waals surface area contributed by atoms with E-state index in [1.165, 1.54) is 0 Å². The quantitative estimate of drug-likeness (QED) is 0.242. The van der Waals surface area contributed by atoms with Gasteiger partial charge in [0.25, 0.3) is 0 Å². The van der Waals surface area contributed by atoms with Gasteiger partial charge in [-0.1, -0.05) is 0 Å². The topological polar surface area (TPSA) is 83.5 Å². The van der Waals surface area contributed by atoms with Gasteiger partial charge in [0.2, 0.25) is 5.95 Å². The Kier molecular flexibility index (Phi) is 10.0. The zero-order valence-corrected chi connectivity index (χ0v) is 16.9. The number of methoxy groups -OCH3 is 1. The van der Waals surface area contributed by atoms with Gasteiger partial charge in [-0.05, 0) is 19.9 Å². The van der Waals surface area contributed by atoms with Gasteiger partial charge in [-0.25, -0.2) is 9.97 Å². The molecule has 1 heterocycles. The van der Waals surface area contributed by atoms with E-state index in [9.17, 15) is 13.2 Å². The third-order valence-corrected chi connectivity index (χ3v) is 3.10. The molecule has 0 aliphatic carbocycles. The lowest BCUT2D eigenvalue weighted by molar-refractivity contribution is -0.141. The highest BCUT2D eigenvalue weighted by molar-refractivity contribution is 14.0. The molecule has 25 heavy (non-hydrogen) atoms. The number of nitrogens with one attached hydrogen (secondary N) is 3. The standard InChI is InChI=1S/C14H23F3N6O.HI/c1-13(2,24-4)9-22-11(18-3)20-7-8-21-12-19-6-5-10(23-12)14(15,16)17;/h5-6H,7-9H2,1-4H3,(H2,18,20,22)(H,19,21,23);1H. The van der Waals surface area contributed by atoms with Gasteiger partial charge in [-0.15, -0.1) is 24.0 Å². The smallest absolute Gasteiger partial charge is 0.377 e. The van der Waals surface area contributed by atoms with Crippen molar-refractivity contribution in [3.63, 3.8) is 0 Å². The average Bonchev–Trinajstić information content (AvgIpc) is 2.53. The number of hydrogen-bond donors (Lipinski definition) is 3. The van der Waals surface area contributed by atoms with Crippen LogP contribution in [0.15, 0.2) is 17.3 Å². The fourth-order valence-corrected chi connectivity index (χ4v) is 1.55. The fraction of sp³-hybridized carbons (Fsp3) is 0.643. The van der Waals surface area contributed by atoms with Crippen LogP contribution in [0.1, 0.15) is 19.5 Å². The number of hydrogen-bond acceptors (Lipinski definition) is 5. The molecule has 0 bridgehead atoms. The molecule has 0 atom stereocenters. The van der Waals surface area contributed by atoms with Crippen molar-refractivity contribution in [2.45, 2.75) is 25.6 Å². The first-order valence-corrected chi connectivity index (χ1v) is 7.32. The molecule has 1 aromatic heterocycles. The number of aliphatic imine (C=N–C) groups is 1. The maximum Gasteiger partial charge on any atom is 0.433 e. The summed E-state index contributed by atoms with van der Waals surface area (Å²) in [6.45, 7) is 5.16. The van der Waals surface area contributed by atoms with E-state index >= 15 is 0 Å². The molecular formula is C14H24F3IN6O. The van der Waals surface area contributed by atoms with Crippen molar-refractivity contribution in [2.75, 3.05) is 39.1 Å². The van der Waals surface area contributed by atoms with Gasteiger partial charge in [-0.2, -0.15) is 13.2 Å². The molecule has 0 spiro atoms. The van der Waals surface area contributed by atoms with Crippen LogP contribution in [0.5, 0.6) is 0 Å². The molecule has 144 valence electrons. The van der Waals surface area contributed by atoms with E-state index in [0.29, 0.717) is 25.6 Å². The van der Waals surface area contributed by atoms with Crippen LogP contribution in [0.3, 0.4) is 0 Å². The van der Waals surface area contributed by atoms with Crippen LogP contribution in [-0.2, 0) is 10.9 Å². The molecule has 0 fully saturated rings. The van der Waals surface area contributed by atoms with Crippen molar-refractivity contribution >= 4 is 35.9 Å². The van der Waals surface area contributed by atoms with Gasteiger partial charge in [0, 0.05) is 40.0 Å². The molecule has 1 rings (SSSR count). The molecule has 0 amide bonds. The summed E-state index contributed by atoms with van der Waals surface area (Å²) in [5.41, 5.74) is -1.32. The van der Waals surface area contributed by atoms with Crippen molar-refractivity contribution in [3.05, 3.63) is 18.0 Å². The van der Waals surface area contributed by atoms with Gasteiger partial charge >= 0.3 is 6.18 Å². The summed E-state index contributed by atoms with van der Waals surface area (Å²) in [6.07, 6.45) is -3.42. The van der Waals surface area contributed by atoms with E-state index in [1.807, 2.05) is 13.8 Å². The number of guanidine groups is 1. The lowest BCUT2D eigenvalue weighted by atomic mass is 10.1. The number of anilines is 1. The highest BCUT2D eigenvalue weighted by Crippen LogP contribution is 2.27. The minimum Gasteiger partial charge on any atom is -0.377 e. The fourth-order valence-electron chi connectivity index (χ4n) is 1.55. The highest BCUT2D eigenvalue weighted by Gasteiger charge is 2.32. The van der Waals surface area contributed by atoms with Crippen LogP contribution in [0.25, 0.3) is 0 Å². The lowest BCUT2D eigenvalue weighted by Gasteiger charge is -2.24. The van der Waals surface area contributed by atoms with Crippen LogP contribution in [0.2, 0.25) is 0 Å². The summed E-state index contributed by atoms with van der Waals surface area (Å²) < 4.78 is 42.9. The molecule has 0 aromatic carbocycles. The first-order chi connectivity index (χ1) is 11.2. The molecule has 0 aliphatic rings. The molecule has 0 unspecified atom stereocenters. The Balaban J connectivity index is 0.00000576. The van der Waals surface area contributed by atoms with Crippen LogP contribution < -0.4 is 16.0 Å². The van der Waals surface area contributed by atoms with Crippen LogP contribution in [-0.4, -0.2) is 55.3 Å². The minimum absolute atomic E-state index is 0. The molecule has 7 nitrogen and oxygen atoms in total. The normalized spacial score (nSPS) is 12.4. The predicted octanol–water partition coefficient (Wildman–Crippen LogP) is 2.12. The summed E-state index contributed by atoms with van der Waals surface area (Å²) in [5.74, 6) is 0.488. The van der Waals surface area contributed by atoms with Crippen LogP contribution >= 0.6 is 24.0 Å². The first kappa shape index (κ1) is 23.6. The van der Waals surface area contributed by atoms with E-state index in [4.69, 9.17) is 4.74 Å². The van der Waals surface area contributed by atoms with E-state index in [0.717, 1.165) is 12.3 Å². The zero-order chi connectivity index (χ0) is 18.2. The third-order valence-electron chi connectivity index (χ3n) is 3.10. The number of alkyl halides is 3. The Labute approximate surface area is 162 Å². The van der Waals surface area contributed by atoms with Gasteiger partial charge in [0.1, 0.15) is 5.69 Å². The summed E-state index contributed by atoms with van der Waals surface area (Å²) in [5, 5.41) is 8.85. The lowest BCUT2D eigenvalue weighted by Crippen LogP contribution is -2.46. The molecule has 3 N–H and O–H groups in total. The monoisotopic (exact) mass is 476 g/mol. The van der Waals surface area contributed by atoms with Crippen molar-refractivity contribution in [1.29, 1.82) is 0 Å². The summed E-state index contributed by atoms with van der Waals surface area (Å²) >= 11 is 0. The van der Waals surface area contributed by atoms with Crippen molar-refractivity contribution in [1.82, 2.24) is 20.6 Å². The van der Waals surface area contributed by atoms with E-state index in [-0.39, 0.29) is 35.5 Å². The number of aromatic nitrogens is 2. The summed E-state index contributed by atoms with van der Waals surface area (Å²) in [4.78, 5) is 11.2. The Morgan fingerprint density at radius 2 is 1.92 bits per heavy atom.